The summed E-state index contributed by atoms with van der Waals surface area (Å²) in [4.78, 5) is 3.27. The molecule has 0 heterocycles. The minimum atomic E-state index is -1.62. The average molecular weight is 238 g/mol. The zero-order valence-corrected chi connectivity index (χ0v) is 13.0. The van der Waals surface area contributed by atoms with Crippen LogP contribution in [-0.4, -0.2) is 33.9 Å². The second kappa shape index (κ2) is 6.10. The lowest BCUT2D eigenvalue weighted by molar-refractivity contribution is 0.420. The first-order valence-electron chi connectivity index (χ1n) is 4.93. The second-order valence-electron chi connectivity index (χ2n) is 3.90. The largest absolute Gasteiger partial charge is 0.441 e. The highest BCUT2D eigenvalue weighted by Gasteiger charge is 2.26. The Balaban J connectivity index is 3.97. The van der Waals surface area contributed by atoms with Gasteiger partial charge in [-0.25, -0.2) is 0 Å². The van der Waals surface area contributed by atoms with Crippen LogP contribution in [0.3, 0.4) is 0 Å². The van der Waals surface area contributed by atoms with Crippen molar-refractivity contribution >= 4 is 26.8 Å². The molecule has 0 saturated heterocycles. The van der Waals surface area contributed by atoms with Crippen LogP contribution in [0.4, 0.5) is 0 Å². The molecular formula is C7H23NO2Si3. The smallest absolute Gasteiger partial charge is 0.301 e. The fourth-order valence-electron chi connectivity index (χ4n) is 0.898. The van der Waals surface area contributed by atoms with Crippen LogP contribution in [0.1, 0.15) is 6.92 Å². The molecule has 0 aliphatic rings. The predicted molar refractivity (Wildman–Crippen MR) is 65.2 cm³/mol. The van der Waals surface area contributed by atoms with E-state index in [1.54, 1.807) is 0 Å². The lowest BCUT2D eigenvalue weighted by Crippen LogP contribution is -2.50. The molecule has 3 nitrogen and oxygen atoms in total. The lowest BCUT2D eigenvalue weighted by Gasteiger charge is -2.28. The zero-order valence-electron chi connectivity index (χ0n) is 9.68. The standard InChI is InChI=1S/C7H23NO2Si3/c1-7-12(9-11(3)4)10-13(5,6)8-2/h8,11-12H,7H2,1-6H3. The summed E-state index contributed by atoms with van der Waals surface area (Å²) in [6, 6.07) is 1.07. The zero-order chi connectivity index (χ0) is 10.5. The van der Waals surface area contributed by atoms with Gasteiger partial charge in [-0.15, -0.1) is 0 Å². The highest BCUT2D eigenvalue weighted by molar-refractivity contribution is 6.76. The molecule has 80 valence electrons. The van der Waals surface area contributed by atoms with Crippen molar-refractivity contribution in [2.75, 3.05) is 7.05 Å². The molecule has 0 aromatic rings. The molecule has 1 atom stereocenters. The van der Waals surface area contributed by atoms with Crippen molar-refractivity contribution in [3.05, 3.63) is 0 Å². The summed E-state index contributed by atoms with van der Waals surface area (Å²) in [7, 11) is -1.91. The van der Waals surface area contributed by atoms with Gasteiger partial charge in [0.05, 0.1) is 0 Å². The van der Waals surface area contributed by atoms with Crippen molar-refractivity contribution in [3.63, 3.8) is 0 Å². The van der Waals surface area contributed by atoms with Crippen molar-refractivity contribution in [1.82, 2.24) is 4.98 Å². The maximum absolute atomic E-state index is 6.03. The first kappa shape index (κ1) is 13.5. The molecular weight excluding hydrogens is 214 g/mol. The van der Waals surface area contributed by atoms with Crippen molar-refractivity contribution < 1.29 is 8.23 Å². The van der Waals surface area contributed by atoms with Crippen molar-refractivity contribution in [2.45, 2.75) is 39.2 Å². The van der Waals surface area contributed by atoms with Gasteiger partial charge in [-0.05, 0) is 39.3 Å². The summed E-state index contributed by atoms with van der Waals surface area (Å²) in [6.07, 6.45) is 0. The van der Waals surface area contributed by atoms with Gasteiger partial charge in [-0.2, -0.15) is 0 Å². The SMILES string of the molecule is CC[SiH](O[SiH](C)C)O[Si](C)(C)NC. The predicted octanol–water partition coefficient (Wildman–Crippen LogP) is 1.16. The maximum Gasteiger partial charge on any atom is 0.301 e. The summed E-state index contributed by atoms with van der Waals surface area (Å²) in [6.45, 7) is 10.9. The van der Waals surface area contributed by atoms with E-state index in [4.69, 9.17) is 8.23 Å². The highest BCUT2D eigenvalue weighted by atomic mass is 28.4. The van der Waals surface area contributed by atoms with Gasteiger partial charge in [0.15, 0.2) is 9.04 Å². The molecule has 0 aliphatic heterocycles. The molecule has 0 bridgehead atoms. The molecule has 0 aromatic heterocycles. The molecule has 13 heavy (non-hydrogen) atoms. The van der Waals surface area contributed by atoms with Crippen LogP contribution in [0.25, 0.3) is 0 Å². The third-order valence-electron chi connectivity index (χ3n) is 1.79. The van der Waals surface area contributed by atoms with Gasteiger partial charge in [-0.3, -0.25) is 0 Å². The van der Waals surface area contributed by atoms with Crippen molar-refractivity contribution in [2.24, 2.45) is 0 Å². The molecule has 0 radical (unpaired) electrons. The van der Waals surface area contributed by atoms with E-state index in [1.807, 2.05) is 7.05 Å². The topological polar surface area (TPSA) is 30.5 Å². The molecule has 0 saturated carbocycles. The molecule has 0 aromatic carbocycles. The Bertz CT molecular complexity index is 144. The monoisotopic (exact) mass is 237 g/mol. The van der Waals surface area contributed by atoms with Gasteiger partial charge in [0.25, 0.3) is 8.48 Å². The Labute approximate surface area is 86.6 Å². The van der Waals surface area contributed by atoms with E-state index in [0.29, 0.717) is 0 Å². The molecule has 1 N–H and O–H groups in total. The van der Waals surface area contributed by atoms with Crippen molar-refractivity contribution in [3.8, 4) is 0 Å². The first-order valence-corrected chi connectivity index (χ1v) is 12.4. The number of rotatable bonds is 6. The molecule has 0 amide bonds. The number of hydrogen-bond donors (Lipinski definition) is 1. The molecule has 0 rings (SSSR count). The van der Waals surface area contributed by atoms with Crippen LogP contribution in [0.5, 0.6) is 0 Å². The highest BCUT2D eigenvalue weighted by Crippen LogP contribution is 2.07. The van der Waals surface area contributed by atoms with Gasteiger partial charge in [0.2, 0.25) is 0 Å². The molecule has 0 spiro atoms. The Morgan fingerprint density at radius 1 is 1.31 bits per heavy atom. The molecule has 0 fully saturated rings. The summed E-state index contributed by atoms with van der Waals surface area (Å²) >= 11 is 0. The first-order chi connectivity index (χ1) is 5.91. The molecule has 0 aliphatic carbocycles. The van der Waals surface area contributed by atoms with Crippen LogP contribution in [0.2, 0.25) is 32.2 Å². The summed E-state index contributed by atoms with van der Waals surface area (Å²) in [5, 5.41) is 0. The third-order valence-corrected chi connectivity index (χ3v) is 10.5. The molecule has 1 unspecified atom stereocenters. The normalized spacial score (nSPS) is 15.0. The van der Waals surface area contributed by atoms with E-state index in [1.165, 1.54) is 0 Å². The number of nitrogens with one attached hydrogen (secondary N) is 1. The summed E-state index contributed by atoms with van der Waals surface area (Å²) < 4.78 is 11.9. The van der Waals surface area contributed by atoms with Crippen LogP contribution in [0, 0.1) is 0 Å². The van der Waals surface area contributed by atoms with Crippen LogP contribution >= 0.6 is 0 Å². The minimum absolute atomic E-state index is 0.915. The van der Waals surface area contributed by atoms with Crippen molar-refractivity contribution in [1.29, 1.82) is 0 Å². The van der Waals surface area contributed by atoms with E-state index in [-0.39, 0.29) is 0 Å². The lowest BCUT2D eigenvalue weighted by atomic mass is 11.0. The Hall–Kier alpha value is 0.531. The summed E-state index contributed by atoms with van der Waals surface area (Å²) in [5.74, 6) is 0. The Morgan fingerprint density at radius 3 is 2.15 bits per heavy atom. The summed E-state index contributed by atoms with van der Waals surface area (Å²) in [5.41, 5.74) is 0. The van der Waals surface area contributed by atoms with Crippen LogP contribution in [0.15, 0.2) is 0 Å². The third kappa shape index (κ3) is 6.58. The Morgan fingerprint density at radius 2 is 1.85 bits per heavy atom. The Kier molecular flexibility index (Phi) is 6.35. The average Bonchev–Trinajstić information content (AvgIpc) is 2.02. The fraction of sp³-hybridized carbons (Fsp3) is 1.00. The quantitative estimate of drug-likeness (QED) is 0.704. The van der Waals surface area contributed by atoms with Gasteiger partial charge < -0.3 is 13.2 Å². The van der Waals surface area contributed by atoms with E-state index in [9.17, 15) is 0 Å². The van der Waals surface area contributed by atoms with E-state index in [0.717, 1.165) is 6.04 Å². The van der Waals surface area contributed by atoms with Gasteiger partial charge in [-0.1, -0.05) is 6.92 Å². The van der Waals surface area contributed by atoms with E-state index in [2.05, 4.69) is 38.1 Å². The molecule has 6 heteroatoms. The minimum Gasteiger partial charge on any atom is -0.441 e. The second-order valence-corrected chi connectivity index (χ2v) is 13.2. The van der Waals surface area contributed by atoms with E-state index < -0.39 is 26.8 Å². The van der Waals surface area contributed by atoms with Gasteiger partial charge >= 0.3 is 9.28 Å². The van der Waals surface area contributed by atoms with Gasteiger partial charge in [0.1, 0.15) is 0 Å². The van der Waals surface area contributed by atoms with Crippen LogP contribution in [-0.2, 0) is 8.23 Å². The maximum atomic E-state index is 6.03. The number of hydrogen-bond acceptors (Lipinski definition) is 3. The van der Waals surface area contributed by atoms with Crippen LogP contribution < -0.4 is 4.98 Å². The van der Waals surface area contributed by atoms with Gasteiger partial charge in [0, 0.05) is 0 Å². The fourth-order valence-corrected chi connectivity index (χ4v) is 8.59. The van der Waals surface area contributed by atoms with E-state index >= 15 is 0 Å².